The maximum Gasteiger partial charge on any atom is 0.277 e. The molecule has 7 nitrogen and oxygen atoms in total. The molecule has 0 unspecified atom stereocenters. The number of anilines is 1. The summed E-state index contributed by atoms with van der Waals surface area (Å²) in [4.78, 5) is 28.1. The van der Waals surface area contributed by atoms with Crippen molar-refractivity contribution >= 4 is 11.6 Å². The first kappa shape index (κ1) is 18.2. The third kappa shape index (κ3) is 4.24. The Morgan fingerprint density at radius 1 is 1.03 bits per heavy atom. The number of amides is 1. The van der Waals surface area contributed by atoms with Crippen LogP contribution in [0.2, 0.25) is 0 Å². The predicted octanol–water partition coefficient (Wildman–Crippen LogP) is 4.08. The molecule has 4 rings (SSSR count). The van der Waals surface area contributed by atoms with Crippen molar-refractivity contribution in [3.8, 4) is 23.0 Å². The maximum atomic E-state index is 12.4. The Labute approximate surface area is 166 Å². The average molecular weight is 387 g/mol. The zero-order valence-electron chi connectivity index (χ0n) is 15.5. The summed E-state index contributed by atoms with van der Waals surface area (Å²) >= 11 is 0. The van der Waals surface area contributed by atoms with E-state index in [1.165, 1.54) is 29.2 Å². The number of hydrogen-bond donors (Lipinski definition) is 1. The quantitative estimate of drug-likeness (QED) is 0.557. The van der Waals surface area contributed by atoms with E-state index in [0.29, 0.717) is 22.9 Å². The molecule has 1 N–H and O–H groups in total. The molecule has 0 bridgehead atoms. The van der Waals surface area contributed by atoms with E-state index in [0.717, 1.165) is 5.75 Å². The van der Waals surface area contributed by atoms with Crippen LogP contribution in [0.25, 0.3) is 11.5 Å². The highest BCUT2D eigenvalue weighted by atomic mass is 16.5. The highest BCUT2D eigenvalue weighted by molar-refractivity contribution is 6.02. The number of carbonyl (C=O) groups is 1. The zero-order chi connectivity index (χ0) is 20.2. The van der Waals surface area contributed by atoms with Gasteiger partial charge in [-0.15, -0.1) is 0 Å². The normalized spacial score (nSPS) is 10.5. The first-order valence-corrected chi connectivity index (χ1v) is 8.85. The van der Waals surface area contributed by atoms with Gasteiger partial charge in [0.2, 0.25) is 11.4 Å². The molecule has 29 heavy (non-hydrogen) atoms. The number of pyridine rings is 1. The molecule has 0 saturated carbocycles. The van der Waals surface area contributed by atoms with Crippen LogP contribution in [-0.4, -0.2) is 15.5 Å². The molecule has 7 heteroatoms. The molecule has 2 aromatic heterocycles. The van der Waals surface area contributed by atoms with Crippen LogP contribution in [0.3, 0.4) is 0 Å². The number of hydrogen-bond acceptors (Lipinski definition) is 5. The predicted molar refractivity (Wildman–Crippen MR) is 108 cm³/mol. The lowest BCUT2D eigenvalue weighted by molar-refractivity contribution is 0.102. The summed E-state index contributed by atoms with van der Waals surface area (Å²) in [6, 6.07) is 19.6. The molecule has 4 aromatic rings. The fourth-order valence-electron chi connectivity index (χ4n) is 2.69. The monoisotopic (exact) mass is 387 g/mol. The first-order chi connectivity index (χ1) is 14.1. The van der Waals surface area contributed by atoms with E-state index >= 15 is 0 Å². The molecular weight excluding hydrogens is 370 g/mol. The molecule has 2 aromatic carbocycles. The molecule has 144 valence electrons. The summed E-state index contributed by atoms with van der Waals surface area (Å²) in [6.07, 6.45) is 2.82. The molecule has 2 heterocycles. The van der Waals surface area contributed by atoms with E-state index < -0.39 is 5.91 Å². The van der Waals surface area contributed by atoms with Crippen molar-refractivity contribution in [3.63, 3.8) is 0 Å². The average Bonchev–Trinajstić information content (AvgIpc) is 3.22. The fourth-order valence-corrected chi connectivity index (χ4v) is 2.69. The number of oxazole rings is 1. The van der Waals surface area contributed by atoms with Gasteiger partial charge in [-0.25, -0.2) is 4.98 Å². The zero-order valence-corrected chi connectivity index (χ0v) is 15.5. The number of carbonyl (C=O) groups excluding carboxylic acids is 1. The van der Waals surface area contributed by atoms with Crippen molar-refractivity contribution in [2.45, 2.75) is 0 Å². The van der Waals surface area contributed by atoms with Crippen LogP contribution in [-0.2, 0) is 7.05 Å². The number of nitrogens with one attached hydrogen (secondary N) is 1. The van der Waals surface area contributed by atoms with E-state index in [4.69, 9.17) is 9.15 Å². The van der Waals surface area contributed by atoms with E-state index in [-0.39, 0.29) is 11.3 Å². The van der Waals surface area contributed by atoms with Crippen molar-refractivity contribution in [1.82, 2.24) is 9.55 Å². The van der Waals surface area contributed by atoms with Crippen LogP contribution in [0.4, 0.5) is 5.69 Å². The molecule has 0 aliphatic heterocycles. The van der Waals surface area contributed by atoms with Crippen molar-refractivity contribution in [2.75, 3.05) is 5.32 Å². The van der Waals surface area contributed by atoms with Crippen LogP contribution >= 0.6 is 0 Å². The lowest BCUT2D eigenvalue weighted by atomic mass is 10.2. The van der Waals surface area contributed by atoms with Crippen LogP contribution in [0.15, 0.2) is 88.4 Å². The molecule has 0 spiro atoms. The second kappa shape index (κ2) is 7.85. The Balaban J connectivity index is 1.51. The number of rotatable bonds is 5. The molecule has 0 radical (unpaired) electrons. The third-order valence-electron chi connectivity index (χ3n) is 4.14. The van der Waals surface area contributed by atoms with E-state index in [1.807, 2.05) is 48.5 Å². The Bertz CT molecular complexity index is 1210. The van der Waals surface area contributed by atoms with Crippen molar-refractivity contribution in [1.29, 1.82) is 0 Å². The summed E-state index contributed by atoms with van der Waals surface area (Å²) < 4.78 is 12.7. The first-order valence-electron chi connectivity index (χ1n) is 8.85. The highest BCUT2D eigenvalue weighted by Gasteiger charge is 2.14. The van der Waals surface area contributed by atoms with Gasteiger partial charge in [-0.3, -0.25) is 9.59 Å². The summed E-state index contributed by atoms with van der Waals surface area (Å²) in [7, 11) is 1.61. The summed E-state index contributed by atoms with van der Waals surface area (Å²) in [5.74, 6) is 1.21. The largest absolute Gasteiger partial charge is 0.457 e. The highest BCUT2D eigenvalue weighted by Crippen LogP contribution is 2.27. The Hall–Kier alpha value is -4.13. The number of nitrogens with zero attached hydrogens (tertiary/aromatic N) is 2. The lowest BCUT2D eigenvalue weighted by Crippen LogP contribution is -2.18. The minimum atomic E-state index is -0.435. The van der Waals surface area contributed by atoms with Gasteiger partial charge < -0.3 is 19.0 Å². The standard InChI is InChI=1S/C22H17N3O4/c1-25-13-16(10-11-20(25)26)23-21(27)19-14-28-22(24-19)15-6-5-9-18(12-15)29-17-7-3-2-4-8-17/h2-14H,1H3,(H,23,27). The second-order valence-corrected chi connectivity index (χ2v) is 6.30. The van der Waals surface area contributed by atoms with Gasteiger partial charge in [-0.05, 0) is 36.4 Å². The van der Waals surface area contributed by atoms with E-state index in [9.17, 15) is 9.59 Å². The number of ether oxygens (including phenoxy) is 1. The Kier molecular flexibility index (Phi) is 4.94. The second-order valence-electron chi connectivity index (χ2n) is 6.30. The van der Waals surface area contributed by atoms with Gasteiger partial charge >= 0.3 is 0 Å². The summed E-state index contributed by atoms with van der Waals surface area (Å²) in [5.41, 5.74) is 1.13. The molecule has 0 atom stereocenters. The molecule has 0 saturated heterocycles. The maximum absolute atomic E-state index is 12.4. The van der Waals surface area contributed by atoms with Gasteiger partial charge in [0.25, 0.3) is 5.91 Å². The van der Waals surface area contributed by atoms with Gasteiger partial charge in [0.05, 0.1) is 5.69 Å². The van der Waals surface area contributed by atoms with E-state index in [2.05, 4.69) is 10.3 Å². The summed E-state index contributed by atoms with van der Waals surface area (Å²) in [5, 5.41) is 2.69. The van der Waals surface area contributed by atoms with Gasteiger partial charge in [0.15, 0.2) is 5.69 Å². The number of benzene rings is 2. The minimum absolute atomic E-state index is 0.128. The van der Waals surface area contributed by atoms with Gasteiger partial charge in [0.1, 0.15) is 17.8 Å². The van der Waals surface area contributed by atoms with Crippen LogP contribution in [0.5, 0.6) is 11.5 Å². The van der Waals surface area contributed by atoms with Crippen molar-refractivity contribution < 1.29 is 13.9 Å². The Morgan fingerprint density at radius 2 is 1.83 bits per heavy atom. The van der Waals surface area contributed by atoms with Gasteiger partial charge in [0, 0.05) is 24.9 Å². The van der Waals surface area contributed by atoms with Gasteiger partial charge in [-0.1, -0.05) is 24.3 Å². The topological polar surface area (TPSA) is 86.4 Å². The van der Waals surface area contributed by atoms with Crippen molar-refractivity contribution in [3.05, 3.63) is 95.2 Å². The SMILES string of the molecule is Cn1cc(NC(=O)c2coc(-c3cccc(Oc4ccccc4)c3)n2)ccc1=O. The molecule has 0 aliphatic rings. The van der Waals surface area contributed by atoms with Crippen LogP contribution in [0, 0.1) is 0 Å². The number of aromatic nitrogens is 2. The molecule has 0 fully saturated rings. The number of aryl methyl sites for hydroxylation is 1. The fraction of sp³-hybridized carbons (Fsp3) is 0.0455. The summed E-state index contributed by atoms with van der Waals surface area (Å²) in [6.45, 7) is 0. The number of para-hydroxylation sites is 1. The minimum Gasteiger partial charge on any atom is -0.457 e. The van der Waals surface area contributed by atoms with Crippen LogP contribution < -0.4 is 15.6 Å². The lowest BCUT2D eigenvalue weighted by Gasteiger charge is -2.06. The molecule has 0 aliphatic carbocycles. The smallest absolute Gasteiger partial charge is 0.277 e. The molecule has 1 amide bonds. The Morgan fingerprint density at radius 3 is 2.62 bits per heavy atom. The van der Waals surface area contributed by atoms with E-state index in [1.54, 1.807) is 13.1 Å². The third-order valence-corrected chi connectivity index (χ3v) is 4.14. The van der Waals surface area contributed by atoms with Crippen molar-refractivity contribution in [2.24, 2.45) is 7.05 Å². The van der Waals surface area contributed by atoms with Crippen LogP contribution in [0.1, 0.15) is 10.5 Å². The molecular formula is C22H17N3O4. The van der Waals surface area contributed by atoms with Gasteiger partial charge in [-0.2, -0.15) is 0 Å².